The number of amides is 1. The first-order valence-electron chi connectivity index (χ1n) is 6.74. The van der Waals surface area contributed by atoms with Crippen LogP contribution in [0.4, 0.5) is 4.79 Å². The first-order valence-corrected chi connectivity index (χ1v) is 6.74. The lowest BCUT2D eigenvalue weighted by atomic mass is 10.0. The molecule has 7 nitrogen and oxygen atoms in total. The number of likely N-dealkylation sites (tertiary alicyclic amines) is 1. The van der Waals surface area contributed by atoms with Gasteiger partial charge in [0.2, 0.25) is 0 Å². The molecule has 0 aromatic rings. The Bertz CT molecular complexity index is 366. The highest BCUT2D eigenvalue weighted by molar-refractivity contribution is 5.74. The SMILES string of the molecule is CC(NC(=O)OC(C)(C)C)C(O)CN1CC[C@H]1C(=O)O. The number of carboxylic acids is 1. The summed E-state index contributed by atoms with van der Waals surface area (Å²) in [6, 6.07) is -1.04. The molecule has 7 heteroatoms. The van der Waals surface area contributed by atoms with Crippen molar-refractivity contribution >= 4 is 12.1 Å². The predicted octanol–water partition coefficient (Wildman–Crippen LogP) is 0.419. The lowest BCUT2D eigenvalue weighted by molar-refractivity contribution is -0.149. The summed E-state index contributed by atoms with van der Waals surface area (Å²) < 4.78 is 5.09. The minimum absolute atomic E-state index is 0.216. The van der Waals surface area contributed by atoms with Crippen LogP contribution in [0.25, 0.3) is 0 Å². The number of ether oxygens (including phenoxy) is 1. The summed E-state index contributed by atoms with van der Waals surface area (Å²) in [5, 5.41) is 21.5. The summed E-state index contributed by atoms with van der Waals surface area (Å²) >= 11 is 0. The molecular formula is C13H24N2O5. The van der Waals surface area contributed by atoms with Gasteiger partial charge in [-0.15, -0.1) is 0 Å². The van der Waals surface area contributed by atoms with Crippen molar-refractivity contribution in [3.05, 3.63) is 0 Å². The second kappa shape index (κ2) is 6.41. The third kappa shape index (κ3) is 4.97. The van der Waals surface area contributed by atoms with Crippen LogP contribution in [0.5, 0.6) is 0 Å². The molecule has 0 bridgehead atoms. The fourth-order valence-corrected chi connectivity index (χ4v) is 1.93. The molecule has 0 aromatic heterocycles. The quantitative estimate of drug-likeness (QED) is 0.678. The summed E-state index contributed by atoms with van der Waals surface area (Å²) in [4.78, 5) is 24.1. The molecule has 0 aliphatic carbocycles. The molecule has 0 spiro atoms. The number of aliphatic hydroxyl groups is 1. The van der Waals surface area contributed by atoms with Gasteiger partial charge in [-0.3, -0.25) is 9.69 Å². The normalized spacial score (nSPS) is 22.6. The summed E-state index contributed by atoms with van der Waals surface area (Å²) in [6.45, 7) is 7.78. The van der Waals surface area contributed by atoms with Crippen LogP contribution in [0, 0.1) is 0 Å². The number of nitrogens with one attached hydrogen (secondary N) is 1. The molecule has 1 aliphatic rings. The lowest BCUT2D eigenvalue weighted by Gasteiger charge is -2.40. The molecule has 1 fully saturated rings. The highest BCUT2D eigenvalue weighted by atomic mass is 16.6. The van der Waals surface area contributed by atoms with E-state index in [1.807, 2.05) is 0 Å². The minimum atomic E-state index is -0.879. The second-order valence-electron chi connectivity index (χ2n) is 6.14. The van der Waals surface area contributed by atoms with Gasteiger partial charge in [0.05, 0.1) is 12.1 Å². The van der Waals surface area contributed by atoms with Crippen molar-refractivity contribution in [1.29, 1.82) is 0 Å². The number of aliphatic carboxylic acids is 1. The monoisotopic (exact) mass is 288 g/mol. The van der Waals surface area contributed by atoms with Crippen molar-refractivity contribution in [1.82, 2.24) is 10.2 Å². The molecule has 0 saturated carbocycles. The van der Waals surface area contributed by atoms with E-state index in [1.165, 1.54) is 0 Å². The molecule has 3 N–H and O–H groups in total. The Labute approximate surface area is 118 Å². The van der Waals surface area contributed by atoms with E-state index >= 15 is 0 Å². The summed E-state index contributed by atoms with van der Waals surface area (Å²) in [5.41, 5.74) is -0.597. The Morgan fingerprint density at radius 2 is 2.05 bits per heavy atom. The van der Waals surface area contributed by atoms with Crippen molar-refractivity contribution in [3.63, 3.8) is 0 Å². The van der Waals surface area contributed by atoms with Crippen molar-refractivity contribution in [3.8, 4) is 0 Å². The molecule has 1 aliphatic heterocycles. The molecule has 116 valence electrons. The predicted molar refractivity (Wildman–Crippen MR) is 72.5 cm³/mol. The minimum Gasteiger partial charge on any atom is -0.480 e. The molecule has 1 saturated heterocycles. The summed E-state index contributed by atoms with van der Waals surface area (Å²) in [5.74, 6) is -0.879. The first kappa shape index (κ1) is 16.7. The van der Waals surface area contributed by atoms with E-state index in [-0.39, 0.29) is 6.54 Å². The Hall–Kier alpha value is -1.34. The van der Waals surface area contributed by atoms with Crippen molar-refractivity contribution < 1.29 is 24.5 Å². The van der Waals surface area contributed by atoms with Crippen LogP contribution in [0.1, 0.15) is 34.1 Å². The number of alkyl carbamates (subject to hydrolysis) is 1. The molecule has 1 heterocycles. The van der Waals surface area contributed by atoms with Gasteiger partial charge in [0, 0.05) is 13.1 Å². The molecule has 20 heavy (non-hydrogen) atoms. The number of nitrogens with zero attached hydrogens (tertiary/aromatic N) is 1. The van der Waals surface area contributed by atoms with Crippen molar-refractivity contribution in [2.75, 3.05) is 13.1 Å². The average molecular weight is 288 g/mol. The summed E-state index contributed by atoms with van der Waals surface area (Å²) in [7, 11) is 0. The smallest absolute Gasteiger partial charge is 0.407 e. The van der Waals surface area contributed by atoms with Gasteiger partial charge < -0.3 is 20.3 Å². The van der Waals surface area contributed by atoms with E-state index < -0.39 is 35.9 Å². The van der Waals surface area contributed by atoms with Gasteiger partial charge in [0.1, 0.15) is 11.6 Å². The topological polar surface area (TPSA) is 99.1 Å². The second-order valence-corrected chi connectivity index (χ2v) is 6.14. The highest BCUT2D eigenvalue weighted by Crippen LogP contribution is 2.18. The Kier molecular flexibility index (Phi) is 5.35. The number of β-amino-alcohol motifs (C(OH)–C–C–N with tert-alkyl or cyclic N) is 1. The number of hydrogen-bond acceptors (Lipinski definition) is 5. The molecular weight excluding hydrogens is 264 g/mol. The molecule has 1 amide bonds. The zero-order valence-corrected chi connectivity index (χ0v) is 12.4. The largest absolute Gasteiger partial charge is 0.480 e. The third-order valence-corrected chi connectivity index (χ3v) is 3.16. The van der Waals surface area contributed by atoms with Gasteiger partial charge in [-0.2, -0.15) is 0 Å². The van der Waals surface area contributed by atoms with Crippen LogP contribution in [-0.2, 0) is 9.53 Å². The van der Waals surface area contributed by atoms with E-state index in [9.17, 15) is 14.7 Å². The van der Waals surface area contributed by atoms with E-state index in [0.717, 1.165) is 0 Å². The lowest BCUT2D eigenvalue weighted by Crippen LogP contribution is -2.57. The Morgan fingerprint density at radius 1 is 1.45 bits per heavy atom. The fraction of sp³-hybridized carbons (Fsp3) is 0.846. The van der Waals surface area contributed by atoms with Gasteiger partial charge in [-0.1, -0.05) is 0 Å². The Balaban J connectivity index is 2.38. The van der Waals surface area contributed by atoms with Crippen molar-refractivity contribution in [2.24, 2.45) is 0 Å². The van der Waals surface area contributed by atoms with Crippen LogP contribution in [0.15, 0.2) is 0 Å². The maximum absolute atomic E-state index is 11.6. The van der Waals surface area contributed by atoms with E-state index in [0.29, 0.717) is 13.0 Å². The zero-order valence-electron chi connectivity index (χ0n) is 12.4. The van der Waals surface area contributed by atoms with Gasteiger partial charge in [0.25, 0.3) is 0 Å². The number of rotatable bonds is 5. The molecule has 3 atom stereocenters. The summed E-state index contributed by atoms with van der Waals surface area (Å²) in [6.07, 6.45) is -0.845. The van der Waals surface area contributed by atoms with E-state index in [1.54, 1.807) is 32.6 Å². The first-order chi connectivity index (χ1) is 9.10. The number of carbonyl (C=O) groups excluding carboxylic acids is 1. The van der Waals surface area contributed by atoms with Crippen LogP contribution in [-0.4, -0.2) is 64.1 Å². The fourth-order valence-electron chi connectivity index (χ4n) is 1.93. The number of hydrogen-bond donors (Lipinski definition) is 3. The van der Waals surface area contributed by atoms with Gasteiger partial charge in [-0.05, 0) is 34.1 Å². The van der Waals surface area contributed by atoms with Gasteiger partial charge in [0.15, 0.2) is 0 Å². The maximum atomic E-state index is 11.6. The third-order valence-electron chi connectivity index (χ3n) is 3.16. The number of aliphatic hydroxyl groups excluding tert-OH is 1. The molecule has 0 radical (unpaired) electrons. The number of carboxylic acid groups (broad SMARTS) is 1. The van der Waals surface area contributed by atoms with Gasteiger partial charge >= 0.3 is 12.1 Å². The zero-order chi connectivity index (χ0) is 15.5. The van der Waals surface area contributed by atoms with Crippen LogP contribution < -0.4 is 5.32 Å². The van der Waals surface area contributed by atoms with Gasteiger partial charge in [-0.25, -0.2) is 4.79 Å². The van der Waals surface area contributed by atoms with Crippen molar-refractivity contribution in [2.45, 2.75) is 57.9 Å². The standard InChI is InChI=1S/C13H24N2O5/c1-8(14-12(19)20-13(2,3)4)10(16)7-15-6-5-9(15)11(17)18/h8-10,16H,5-7H2,1-4H3,(H,14,19)(H,17,18)/t8?,9-,10?/m0/s1. The van der Waals surface area contributed by atoms with E-state index in [2.05, 4.69) is 5.32 Å². The Morgan fingerprint density at radius 3 is 2.45 bits per heavy atom. The molecule has 1 rings (SSSR count). The molecule has 2 unspecified atom stereocenters. The number of carbonyl (C=O) groups is 2. The molecule has 0 aromatic carbocycles. The van der Waals surface area contributed by atoms with Crippen LogP contribution in [0.3, 0.4) is 0 Å². The highest BCUT2D eigenvalue weighted by Gasteiger charge is 2.36. The average Bonchev–Trinajstić information content (AvgIpc) is 2.19. The maximum Gasteiger partial charge on any atom is 0.407 e. The van der Waals surface area contributed by atoms with Crippen LogP contribution in [0.2, 0.25) is 0 Å². The van der Waals surface area contributed by atoms with E-state index in [4.69, 9.17) is 9.84 Å². The van der Waals surface area contributed by atoms with Crippen LogP contribution >= 0.6 is 0 Å².